The van der Waals surface area contributed by atoms with Crippen LogP contribution in [0.3, 0.4) is 0 Å². The Morgan fingerprint density at radius 1 is 0.949 bits per heavy atom. The number of thioether (sulfide) groups is 1. The first kappa shape index (κ1) is 26.4. The number of fused-ring (bicyclic) bond motifs is 1. The van der Waals surface area contributed by atoms with Crippen LogP contribution in [0.25, 0.3) is 15.9 Å². The Morgan fingerprint density at radius 3 is 2.56 bits per heavy atom. The number of hydrogen-bond donors (Lipinski definition) is 2. The van der Waals surface area contributed by atoms with Crippen LogP contribution >= 0.6 is 23.1 Å². The van der Waals surface area contributed by atoms with E-state index >= 15 is 0 Å². The summed E-state index contributed by atoms with van der Waals surface area (Å²) in [5, 5.41) is 15.5. The average molecular weight is 559 g/mol. The van der Waals surface area contributed by atoms with Crippen LogP contribution in [-0.4, -0.2) is 43.9 Å². The van der Waals surface area contributed by atoms with Crippen molar-refractivity contribution in [3.05, 3.63) is 89.7 Å². The zero-order valence-corrected chi connectivity index (χ0v) is 23.0. The van der Waals surface area contributed by atoms with Gasteiger partial charge in [-0.3, -0.25) is 14.2 Å². The maximum Gasteiger partial charge on any atom is 0.258 e. The molecule has 0 atom stereocenters. The van der Waals surface area contributed by atoms with Gasteiger partial charge in [0.15, 0.2) is 22.7 Å². The van der Waals surface area contributed by atoms with Gasteiger partial charge in [-0.05, 0) is 55.3 Å². The minimum atomic E-state index is -0.279. The number of amides is 2. The highest BCUT2D eigenvalue weighted by molar-refractivity contribution is 7.99. The molecule has 2 heterocycles. The SMILES string of the molecule is Cc1cccc(-n2c(CNC(=O)COc3ccccc3)nnc2SCC(=O)Nc2nc3ccccc3s2)c1C. The van der Waals surface area contributed by atoms with Gasteiger partial charge in [-0.2, -0.15) is 0 Å². The van der Waals surface area contributed by atoms with Gasteiger partial charge < -0.3 is 15.4 Å². The Balaban J connectivity index is 1.28. The van der Waals surface area contributed by atoms with Gasteiger partial charge >= 0.3 is 0 Å². The lowest BCUT2D eigenvalue weighted by Gasteiger charge is -2.15. The summed E-state index contributed by atoms with van der Waals surface area (Å²) in [6.07, 6.45) is 0. The lowest BCUT2D eigenvalue weighted by atomic mass is 10.1. The minimum absolute atomic E-state index is 0.116. The normalized spacial score (nSPS) is 10.9. The molecule has 11 heteroatoms. The fourth-order valence-electron chi connectivity index (χ4n) is 3.83. The van der Waals surface area contributed by atoms with Gasteiger partial charge in [-0.25, -0.2) is 4.98 Å². The standard InChI is InChI=1S/C28H26N6O3S2/c1-18-9-8-13-22(19(18)2)34-24(15-29-25(35)16-37-20-10-4-3-5-11-20)32-33-28(34)38-17-26(36)31-27-30-21-12-6-7-14-23(21)39-27/h3-14H,15-17H2,1-2H3,(H,29,35)(H,30,31,36). The van der Waals surface area contributed by atoms with Crippen molar-refractivity contribution in [2.45, 2.75) is 25.5 Å². The maximum absolute atomic E-state index is 12.7. The molecule has 0 unspecified atom stereocenters. The molecule has 0 bridgehead atoms. The number of para-hydroxylation sites is 2. The van der Waals surface area contributed by atoms with E-state index < -0.39 is 0 Å². The third kappa shape index (κ3) is 6.44. The first-order valence-electron chi connectivity index (χ1n) is 12.2. The molecule has 198 valence electrons. The highest BCUT2D eigenvalue weighted by Gasteiger charge is 2.19. The molecule has 0 aliphatic carbocycles. The van der Waals surface area contributed by atoms with E-state index in [0.717, 1.165) is 27.0 Å². The molecule has 5 rings (SSSR count). The van der Waals surface area contributed by atoms with E-state index in [1.807, 2.05) is 79.1 Å². The molecule has 0 saturated heterocycles. The lowest BCUT2D eigenvalue weighted by molar-refractivity contribution is -0.123. The Bertz CT molecular complexity index is 1580. The van der Waals surface area contributed by atoms with Crippen molar-refractivity contribution in [3.63, 3.8) is 0 Å². The number of thiazole rings is 1. The zero-order valence-electron chi connectivity index (χ0n) is 21.4. The van der Waals surface area contributed by atoms with E-state index in [2.05, 4.69) is 25.8 Å². The molecule has 0 fully saturated rings. The Kier molecular flexibility index (Phi) is 8.18. The van der Waals surface area contributed by atoms with E-state index in [1.165, 1.54) is 23.1 Å². The Morgan fingerprint density at radius 2 is 1.74 bits per heavy atom. The Hall–Kier alpha value is -4.22. The second kappa shape index (κ2) is 12.1. The monoisotopic (exact) mass is 558 g/mol. The third-order valence-electron chi connectivity index (χ3n) is 5.95. The van der Waals surface area contributed by atoms with Crippen LogP contribution in [0.15, 0.2) is 78.0 Å². The lowest BCUT2D eigenvalue weighted by Crippen LogP contribution is -2.29. The summed E-state index contributed by atoms with van der Waals surface area (Å²) in [4.78, 5) is 29.7. The van der Waals surface area contributed by atoms with E-state index in [9.17, 15) is 9.59 Å². The summed E-state index contributed by atoms with van der Waals surface area (Å²) in [6, 6.07) is 22.9. The fraction of sp³-hybridized carbons (Fsp3) is 0.179. The van der Waals surface area contributed by atoms with Crippen LogP contribution in [0.5, 0.6) is 5.75 Å². The molecule has 0 spiro atoms. The first-order valence-corrected chi connectivity index (χ1v) is 14.0. The second-order valence-electron chi connectivity index (χ2n) is 8.66. The van der Waals surface area contributed by atoms with E-state index in [-0.39, 0.29) is 30.7 Å². The van der Waals surface area contributed by atoms with Crippen molar-refractivity contribution in [1.29, 1.82) is 0 Å². The molecular weight excluding hydrogens is 532 g/mol. The predicted octanol–water partition coefficient (Wildman–Crippen LogP) is 4.92. The van der Waals surface area contributed by atoms with Crippen LogP contribution in [0.2, 0.25) is 0 Å². The molecule has 2 aromatic heterocycles. The number of aromatic nitrogens is 4. The first-order chi connectivity index (χ1) is 19.0. The number of aryl methyl sites for hydroxylation is 1. The topological polar surface area (TPSA) is 111 Å². The molecule has 0 aliphatic rings. The van der Waals surface area contributed by atoms with E-state index in [1.54, 1.807) is 12.1 Å². The van der Waals surface area contributed by atoms with E-state index in [4.69, 9.17) is 4.74 Å². The number of benzene rings is 3. The van der Waals surface area contributed by atoms with Crippen molar-refractivity contribution in [2.24, 2.45) is 0 Å². The number of anilines is 1. The minimum Gasteiger partial charge on any atom is -0.484 e. The van der Waals surface area contributed by atoms with Crippen molar-refractivity contribution >= 4 is 50.3 Å². The fourth-order valence-corrected chi connectivity index (χ4v) is 5.48. The number of carbonyl (C=O) groups is 2. The highest BCUT2D eigenvalue weighted by atomic mass is 32.2. The third-order valence-corrected chi connectivity index (χ3v) is 7.83. The van der Waals surface area contributed by atoms with Gasteiger partial charge in [0.1, 0.15) is 5.75 Å². The summed E-state index contributed by atoms with van der Waals surface area (Å²) < 4.78 is 8.43. The molecular formula is C28H26N6O3S2. The van der Waals surface area contributed by atoms with Gasteiger partial charge in [0.2, 0.25) is 5.91 Å². The molecule has 5 aromatic rings. The molecule has 0 aliphatic heterocycles. The van der Waals surface area contributed by atoms with Gasteiger partial charge in [-0.1, -0.05) is 65.6 Å². The molecule has 0 radical (unpaired) electrons. The zero-order chi connectivity index (χ0) is 27.2. The number of rotatable bonds is 10. The van der Waals surface area contributed by atoms with Gasteiger partial charge in [-0.15, -0.1) is 10.2 Å². The predicted molar refractivity (Wildman–Crippen MR) is 154 cm³/mol. The number of carbonyl (C=O) groups excluding carboxylic acids is 2. The van der Waals surface area contributed by atoms with Crippen LogP contribution in [-0.2, 0) is 16.1 Å². The Labute approximate surface area is 233 Å². The second-order valence-corrected chi connectivity index (χ2v) is 10.6. The summed E-state index contributed by atoms with van der Waals surface area (Å²) in [5.74, 6) is 0.817. The number of ether oxygens (including phenoxy) is 1. The number of hydrogen-bond acceptors (Lipinski definition) is 8. The number of nitrogens with one attached hydrogen (secondary N) is 2. The van der Waals surface area contributed by atoms with Gasteiger partial charge in [0.25, 0.3) is 5.91 Å². The molecule has 3 aromatic carbocycles. The maximum atomic E-state index is 12.7. The molecule has 0 saturated carbocycles. The van der Waals surface area contributed by atoms with Crippen molar-refractivity contribution in [3.8, 4) is 11.4 Å². The quantitative estimate of drug-likeness (QED) is 0.234. The molecule has 39 heavy (non-hydrogen) atoms. The van der Waals surface area contributed by atoms with Crippen LogP contribution in [0, 0.1) is 13.8 Å². The summed E-state index contributed by atoms with van der Waals surface area (Å²) >= 11 is 2.70. The molecule has 2 amide bonds. The highest BCUT2D eigenvalue weighted by Crippen LogP contribution is 2.28. The smallest absolute Gasteiger partial charge is 0.258 e. The van der Waals surface area contributed by atoms with Crippen molar-refractivity contribution in [1.82, 2.24) is 25.1 Å². The molecule has 9 nitrogen and oxygen atoms in total. The van der Waals surface area contributed by atoms with Crippen LogP contribution in [0.4, 0.5) is 5.13 Å². The largest absolute Gasteiger partial charge is 0.484 e. The summed E-state index contributed by atoms with van der Waals surface area (Å²) in [5.41, 5.74) is 3.90. The summed E-state index contributed by atoms with van der Waals surface area (Å²) in [6.45, 7) is 4.09. The van der Waals surface area contributed by atoms with Crippen LogP contribution in [0.1, 0.15) is 17.0 Å². The summed E-state index contributed by atoms with van der Waals surface area (Å²) in [7, 11) is 0. The van der Waals surface area contributed by atoms with Gasteiger partial charge in [0.05, 0.1) is 28.2 Å². The van der Waals surface area contributed by atoms with Crippen LogP contribution < -0.4 is 15.4 Å². The van der Waals surface area contributed by atoms with Crippen molar-refractivity contribution < 1.29 is 14.3 Å². The van der Waals surface area contributed by atoms with Crippen molar-refractivity contribution in [2.75, 3.05) is 17.7 Å². The van der Waals surface area contributed by atoms with Gasteiger partial charge in [0, 0.05) is 0 Å². The average Bonchev–Trinajstić information content (AvgIpc) is 3.55. The number of nitrogens with zero attached hydrogens (tertiary/aromatic N) is 4. The molecule has 2 N–H and O–H groups in total. The van der Waals surface area contributed by atoms with E-state index in [0.29, 0.717) is 21.9 Å².